The third kappa shape index (κ3) is 9.20. The van der Waals surface area contributed by atoms with Crippen molar-refractivity contribution < 1.29 is 25.8 Å². The Morgan fingerprint density at radius 2 is 1.13 bits per heavy atom. The molecule has 4 aliphatic rings. The molecule has 2 aliphatic carbocycles. The van der Waals surface area contributed by atoms with Gasteiger partial charge in [0, 0.05) is 78.1 Å². The first-order chi connectivity index (χ1) is 40.1. The van der Waals surface area contributed by atoms with E-state index in [1.54, 1.807) is 0 Å². The third-order valence-electron chi connectivity index (χ3n) is 18.3. The summed E-state index contributed by atoms with van der Waals surface area (Å²) < 4.78 is 9.67. The number of hydrogen-bond donors (Lipinski definition) is 0. The van der Waals surface area contributed by atoms with Crippen LogP contribution in [0.25, 0.3) is 45.1 Å². The fraction of sp³-hybridized carbons (Fsp3) is 0.256. The zero-order valence-corrected chi connectivity index (χ0v) is 54.4. The fourth-order valence-corrected chi connectivity index (χ4v) is 16.0. The molecule has 8 aromatic carbocycles. The third-order valence-corrected chi connectivity index (χ3v) is 20.6. The summed E-state index contributed by atoms with van der Waals surface area (Å²) in [6.07, 6.45) is 7.62. The maximum absolute atomic E-state index is 7.31. The fourth-order valence-electron chi connectivity index (χ4n) is 13.9. The summed E-state index contributed by atoms with van der Waals surface area (Å²) in [6.45, 7) is 32.5. The second-order valence-electron chi connectivity index (χ2n) is 27.8. The largest absolute Gasteiger partial charge is 0.509 e. The number of allylic oxidation sites excluding steroid dienone is 1. The Hall–Kier alpha value is -7.29. The maximum atomic E-state index is 7.31. The molecule has 14 rings (SSSR count). The van der Waals surface area contributed by atoms with E-state index in [4.69, 9.17) is 9.72 Å². The topological polar surface area (TPSA) is 33.5 Å². The molecule has 0 N–H and O–H groups in total. The first-order valence-electron chi connectivity index (χ1n) is 29.9. The van der Waals surface area contributed by atoms with Gasteiger partial charge in [-0.25, -0.2) is 4.98 Å². The molecule has 0 fully saturated rings. The van der Waals surface area contributed by atoms with Crippen LogP contribution in [0.15, 0.2) is 182 Å². The SMILES string of the molecule is CP1c2ccccc2C2(c3ccccc31)c1cc(Oc3[c-]c(N4[CH-]N(c5c(-c6ccccc6)cc(C(C)(C)C)cc5-c5cc(C(C)(C)C)cc(C(C)(C)C)c5)c5ccccc54)ccc3)[c-]c3c1c1c(n3-c3cc(C(C)(C)C)ccn3)C=CCC12.[Pt]. The first-order valence-corrected chi connectivity index (χ1v) is 31.7. The molecule has 0 radical (unpaired) electrons. The van der Waals surface area contributed by atoms with Crippen LogP contribution in [0.1, 0.15) is 146 Å². The van der Waals surface area contributed by atoms with Crippen molar-refractivity contribution in [3.05, 3.63) is 251 Å². The number of fused-ring (bicyclic) bond motifs is 7. The monoisotopic (exact) mass is 1310 g/mol. The summed E-state index contributed by atoms with van der Waals surface area (Å²) in [5.41, 5.74) is 20.9. The summed E-state index contributed by atoms with van der Waals surface area (Å²) in [6, 6.07) is 71.3. The Morgan fingerprint density at radius 3 is 1.76 bits per heavy atom. The van der Waals surface area contributed by atoms with Crippen molar-refractivity contribution in [3.63, 3.8) is 0 Å². The smallest absolute Gasteiger partial charge is 0.135 e. The van der Waals surface area contributed by atoms with Crippen LogP contribution in [-0.4, -0.2) is 16.2 Å². The number of hydrogen-bond acceptors (Lipinski definition) is 4. The molecule has 0 amide bonds. The molecule has 2 aliphatic heterocycles. The number of para-hydroxylation sites is 2. The number of ether oxygens (including phenoxy) is 1. The molecule has 7 heteroatoms. The van der Waals surface area contributed by atoms with Gasteiger partial charge in [0.15, 0.2) is 0 Å². The Bertz CT molecular complexity index is 4250. The molecule has 10 aromatic rings. The van der Waals surface area contributed by atoms with Crippen LogP contribution in [0.4, 0.5) is 22.7 Å². The van der Waals surface area contributed by atoms with Crippen molar-refractivity contribution in [3.8, 4) is 39.6 Å². The Labute approximate surface area is 519 Å². The number of benzene rings is 8. The number of rotatable bonds is 7. The van der Waals surface area contributed by atoms with Gasteiger partial charge in [-0.15, -0.1) is 53.6 Å². The van der Waals surface area contributed by atoms with Crippen LogP contribution < -0.4 is 25.1 Å². The molecule has 1 unspecified atom stereocenters. The van der Waals surface area contributed by atoms with Crippen LogP contribution >= 0.6 is 7.92 Å². The summed E-state index contributed by atoms with van der Waals surface area (Å²) in [7, 11) is -0.584. The van der Waals surface area contributed by atoms with Gasteiger partial charge in [-0.2, -0.15) is 6.07 Å². The van der Waals surface area contributed by atoms with Gasteiger partial charge in [0.1, 0.15) is 5.82 Å². The molecule has 0 bridgehead atoms. The van der Waals surface area contributed by atoms with Crippen molar-refractivity contribution in [1.82, 2.24) is 9.55 Å². The first kappa shape index (κ1) is 56.8. The number of pyridine rings is 1. The summed E-state index contributed by atoms with van der Waals surface area (Å²) in [5.74, 6) is 2.29. The van der Waals surface area contributed by atoms with Gasteiger partial charge < -0.3 is 19.1 Å². The number of nitrogens with zero attached hydrogens (tertiary/aromatic N) is 4. The van der Waals surface area contributed by atoms with Gasteiger partial charge in [0.25, 0.3) is 0 Å². The van der Waals surface area contributed by atoms with Gasteiger partial charge >= 0.3 is 0 Å². The molecule has 0 saturated heterocycles. The van der Waals surface area contributed by atoms with E-state index in [2.05, 4.69) is 299 Å². The normalized spacial score (nSPS) is 17.7. The van der Waals surface area contributed by atoms with Crippen LogP contribution in [-0.2, 0) is 48.1 Å². The van der Waals surface area contributed by atoms with Crippen LogP contribution in [0.2, 0.25) is 0 Å². The van der Waals surface area contributed by atoms with Crippen molar-refractivity contribution >= 4 is 58.3 Å². The second-order valence-corrected chi connectivity index (χ2v) is 29.9. The molecule has 85 heavy (non-hydrogen) atoms. The van der Waals surface area contributed by atoms with Crippen molar-refractivity contribution in [2.45, 2.75) is 122 Å². The Balaban J connectivity index is 0.00000672. The van der Waals surface area contributed by atoms with E-state index in [0.717, 1.165) is 40.5 Å². The Kier molecular flexibility index (Phi) is 13.7. The van der Waals surface area contributed by atoms with E-state index in [1.807, 2.05) is 12.3 Å². The summed E-state index contributed by atoms with van der Waals surface area (Å²) >= 11 is 0. The maximum Gasteiger partial charge on any atom is 0.135 e. The molecular formula is C78H74N4OPPt-3. The predicted octanol–water partition coefficient (Wildman–Crippen LogP) is 19.6. The summed E-state index contributed by atoms with van der Waals surface area (Å²) in [4.78, 5) is 9.85. The average molecular weight is 1310 g/mol. The molecule has 1 atom stereocenters. The molecule has 0 saturated carbocycles. The molecular weight excluding hydrogens is 1230 g/mol. The minimum absolute atomic E-state index is 0. The van der Waals surface area contributed by atoms with Gasteiger partial charge in [-0.1, -0.05) is 209 Å². The number of anilines is 4. The van der Waals surface area contributed by atoms with Crippen molar-refractivity contribution in [2.75, 3.05) is 16.5 Å². The zero-order valence-electron chi connectivity index (χ0n) is 51.2. The zero-order chi connectivity index (χ0) is 58.4. The van der Waals surface area contributed by atoms with Crippen molar-refractivity contribution in [1.29, 1.82) is 0 Å². The van der Waals surface area contributed by atoms with Gasteiger partial charge in [-0.3, -0.25) is 0 Å². The molecule has 2 aromatic heterocycles. The van der Waals surface area contributed by atoms with Gasteiger partial charge in [-0.05, 0) is 146 Å². The van der Waals surface area contributed by atoms with E-state index < -0.39 is 13.3 Å². The minimum atomic E-state index is -0.584. The average Bonchev–Trinajstić information content (AvgIpc) is 1.53. The molecule has 1 spiro atoms. The Morgan fingerprint density at radius 1 is 0.553 bits per heavy atom. The molecule has 5 nitrogen and oxygen atoms in total. The minimum Gasteiger partial charge on any atom is -0.509 e. The van der Waals surface area contributed by atoms with E-state index in [0.29, 0.717) is 11.5 Å². The summed E-state index contributed by atoms with van der Waals surface area (Å²) in [5, 5.41) is 4.15. The predicted molar refractivity (Wildman–Crippen MR) is 354 cm³/mol. The molecule has 4 heterocycles. The standard InChI is InChI=1S/C78H74N4OP.Pt/c1-74(2,3)51-37-38-79-70(44-51)82-66-34-24-31-62-71(66)72-63(78(62)60-29-17-21-35-68(60)84(13)69-36-22-18-30-61(69)78)46-57(47-67(72)82)83-56-28-23-27-55(45-56)80-48-81(65-33-20-19-32-64(65)80)73-58(49-25-15-14-16-26-49)42-54(77(10,11)12)43-59(73)50-39-52(75(4,5)6)41-53(40-50)76(7,8)9;/h14-30,32-44,46,48,62H,31H2,1-13H3;/q-3;. The van der Waals surface area contributed by atoms with Crippen molar-refractivity contribution in [2.24, 2.45) is 0 Å². The van der Waals surface area contributed by atoms with E-state index in [1.165, 1.54) is 88.5 Å². The van der Waals surface area contributed by atoms with Gasteiger partial charge in [0.05, 0.1) is 0 Å². The quantitative estimate of drug-likeness (QED) is 0.118. The van der Waals surface area contributed by atoms with Gasteiger partial charge in [0.2, 0.25) is 0 Å². The number of aromatic nitrogens is 2. The second kappa shape index (κ2) is 20.4. The van der Waals surface area contributed by atoms with Crippen LogP contribution in [0.3, 0.4) is 0 Å². The van der Waals surface area contributed by atoms with Crippen LogP contribution in [0.5, 0.6) is 11.5 Å². The van der Waals surface area contributed by atoms with E-state index in [-0.39, 0.29) is 48.6 Å². The van der Waals surface area contributed by atoms with E-state index in [9.17, 15) is 0 Å². The molecule has 430 valence electrons. The van der Waals surface area contributed by atoms with Crippen LogP contribution in [0, 0.1) is 18.8 Å². The van der Waals surface area contributed by atoms with E-state index >= 15 is 0 Å².